The number of ether oxygens (including phenoxy) is 2. The zero-order valence-electron chi connectivity index (χ0n) is 17.5. The van der Waals surface area contributed by atoms with Crippen molar-refractivity contribution in [3.05, 3.63) is 39.8 Å². The first-order valence-electron chi connectivity index (χ1n) is 10.4. The van der Waals surface area contributed by atoms with E-state index in [4.69, 9.17) is 9.47 Å². The molecule has 1 aromatic carbocycles. The summed E-state index contributed by atoms with van der Waals surface area (Å²) in [6.45, 7) is 1.14. The molecule has 1 amide bonds. The van der Waals surface area contributed by atoms with Crippen LogP contribution in [0.5, 0.6) is 11.5 Å². The van der Waals surface area contributed by atoms with Gasteiger partial charge < -0.3 is 14.8 Å². The molecule has 1 N–H and O–H groups in total. The Hall–Kier alpha value is -2.56. The number of methoxy groups -OCH3 is 2. The number of aryl methyl sites for hydroxylation is 1. The number of carbonyl (C=O) groups excluding carboxylic acids is 1. The van der Waals surface area contributed by atoms with E-state index in [1.807, 2.05) is 18.2 Å². The van der Waals surface area contributed by atoms with E-state index in [1.165, 1.54) is 4.88 Å². The van der Waals surface area contributed by atoms with E-state index in [-0.39, 0.29) is 11.9 Å². The van der Waals surface area contributed by atoms with Crippen molar-refractivity contribution in [1.29, 1.82) is 5.26 Å². The lowest BCUT2D eigenvalue weighted by atomic mass is 9.96. The summed E-state index contributed by atoms with van der Waals surface area (Å²) in [4.78, 5) is 16.3. The van der Waals surface area contributed by atoms with Gasteiger partial charge in [0.15, 0.2) is 0 Å². The molecule has 0 spiro atoms. The van der Waals surface area contributed by atoms with Gasteiger partial charge in [-0.25, -0.2) is 0 Å². The van der Waals surface area contributed by atoms with Gasteiger partial charge in [-0.2, -0.15) is 5.26 Å². The zero-order chi connectivity index (χ0) is 21.1. The van der Waals surface area contributed by atoms with Gasteiger partial charge in [0.05, 0.1) is 26.3 Å². The van der Waals surface area contributed by atoms with Crippen molar-refractivity contribution < 1.29 is 14.3 Å². The van der Waals surface area contributed by atoms with Crippen LogP contribution in [0.15, 0.2) is 18.2 Å². The molecule has 6 nitrogen and oxygen atoms in total. The smallest absolute Gasteiger partial charge is 0.239 e. The van der Waals surface area contributed by atoms with Crippen LogP contribution in [0.4, 0.5) is 5.00 Å². The quantitative estimate of drug-likeness (QED) is 0.747. The van der Waals surface area contributed by atoms with Crippen LogP contribution >= 0.6 is 11.3 Å². The third-order valence-corrected chi connectivity index (χ3v) is 7.25. The fourth-order valence-electron chi connectivity index (χ4n) is 4.59. The predicted octanol–water partition coefficient (Wildman–Crippen LogP) is 4.29. The van der Waals surface area contributed by atoms with Crippen molar-refractivity contribution >= 4 is 22.2 Å². The zero-order valence-corrected chi connectivity index (χ0v) is 18.3. The standard InChI is InChI=1S/C23H27N3O3S/c1-28-15-9-10-20(29-2)17(12-15)19-7-5-11-26(19)14-22(27)25-23-18(13-24)16-6-3-4-8-21(16)30-23/h9-10,12,19H,3-8,11,14H2,1-2H3,(H,25,27)/t19-/m0/s1. The molecule has 0 bridgehead atoms. The fourth-order valence-corrected chi connectivity index (χ4v) is 5.85. The van der Waals surface area contributed by atoms with Gasteiger partial charge in [0.1, 0.15) is 22.6 Å². The number of rotatable bonds is 6. The molecular formula is C23H27N3O3S. The van der Waals surface area contributed by atoms with Gasteiger partial charge in [-0.3, -0.25) is 9.69 Å². The van der Waals surface area contributed by atoms with Crippen molar-refractivity contribution in [3.63, 3.8) is 0 Å². The maximum absolute atomic E-state index is 12.9. The molecule has 1 atom stereocenters. The summed E-state index contributed by atoms with van der Waals surface area (Å²) < 4.78 is 11.0. The third-order valence-electron chi connectivity index (χ3n) is 6.04. The van der Waals surface area contributed by atoms with E-state index in [9.17, 15) is 10.1 Å². The molecule has 1 aliphatic carbocycles. The van der Waals surface area contributed by atoms with Gasteiger partial charge in [0, 0.05) is 16.5 Å². The molecule has 2 heterocycles. The summed E-state index contributed by atoms with van der Waals surface area (Å²) in [5.74, 6) is 1.52. The van der Waals surface area contributed by atoms with Crippen LogP contribution < -0.4 is 14.8 Å². The number of nitriles is 1. The minimum atomic E-state index is -0.0705. The number of fused-ring (bicyclic) bond motifs is 1. The number of likely N-dealkylation sites (tertiary alicyclic amines) is 1. The summed E-state index contributed by atoms with van der Waals surface area (Å²) in [5, 5.41) is 13.4. The van der Waals surface area contributed by atoms with Crippen LogP contribution in [-0.2, 0) is 17.6 Å². The lowest BCUT2D eigenvalue weighted by Gasteiger charge is -2.26. The van der Waals surface area contributed by atoms with Gasteiger partial charge in [-0.1, -0.05) is 0 Å². The molecule has 2 aromatic rings. The van der Waals surface area contributed by atoms with E-state index in [0.29, 0.717) is 17.1 Å². The Bertz CT molecular complexity index is 979. The average molecular weight is 426 g/mol. The fraction of sp³-hybridized carbons (Fsp3) is 0.478. The maximum atomic E-state index is 12.9. The predicted molar refractivity (Wildman–Crippen MR) is 117 cm³/mol. The summed E-state index contributed by atoms with van der Waals surface area (Å²) in [7, 11) is 3.32. The number of nitrogens with one attached hydrogen (secondary N) is 1. The number of hydrogen-bond acceptors (Lipinski definition) is 6. The van der Waals surface area contributed by atoms with Crippen LogP contribution in [0.1, 0.15) is 53.3 Å². The lowest BCUT2D eigenvalue weighted by Crippen LogP contribution is -2.33. The third kappa shape index (κ3) is 4.03. The number of amides is 1. The number of carbonyl (C=O) groups is 1. The molecule has 1 fully saturated rings. The molecule has 0 unspecified atom stereocenters. The number of benzene rings is 1. The van der Waals surface area contributed by atoms with Crippen LogP contribution in [-0.4, -0.2) is 38.1 Å². The van der Waals surface area contributed by atoms with Crippen LogP contribution in [0, 0.1) is 11.3 Å². The molecule has 0 saturated carbocycles. The summed E-state index contributed by atoms with van der Waals surface area (Å²) in [6, 6.07) is 8.22. The number of nitrogens with zero attached hydrogens (tertiary/aromatic N) is 2. The highest BCUT2D eigenvalue weighted by Crippen LogP contribution is 2.40. The minimum absolute atomic E-state index is 0.0705. The monoisotopic (exact) mass is 425 g/mol. The summed E-state index contributed by atoms with van der Waals surface area (Å²) >= 11 is 1.57. The highest BCUT2D eigenvalue weighted by molar-refractivity contribution is 7.16. The van der Waals surface area contributed by atoms with Gasteiger partial charge in [-0.05, 0) is 68.8 Å². The van der Waals surface area contributed by atoms with E-state index < -0.39 is 0 Å². The number of hydrogen-bond donors (Lipinski definition) is 1. The first-order chi connectivity index (χ1) is 14.6. The van der Waals surface area contributed by atoms with Gasteiger partial charge >= 0.3 is 0 Å². The van der Waals surface area contributed by atoms with Crippen molar-refractivity contribution in [2.45, 2.75) is 44.6 Å². The maximum Gasteiger partial charge on any atom is 0.239 e. The second kappa shape index (κ2) is 9.07. The van der Waals surface area contributed by atoms with Gasteiger partial charge in [0.2, 0.25) is 5.91 Å². The van der Waals surface area contributed by atoms with Gasteiger partial charge in [0.25, 0.3) is 0 Å². The van der Waals surface area contributed by atoms with Crippen LogP contribution in [0.25, 0.3) is 0 Å². The van der Waals surface area contributed by atoms with Crippen LogP contribution in [0.2, 0.25) is 0 Å². The first kappa shape index (κ1) is 20.7. The highest BCUT2D eigenvalue weighted by atomic mass is 32.1. The normalized spacial score (nSPS) is 18.5. The van der Waals surface area contributed by atoms with Gasteiger partial charge in [-0.15, -0.1) is 11.3 Å². The van der Waals surface area contributed by atoms with Crippen molar-refractivity contribution in [1.82, 2.24) is 4.90 Å². The Kier molecular flexibility index (Phi) is 6.26. The Morgan fingerprint density at radius 3 is 2.87 bits per heavy atom. The first-order valence-corrected chi connectivity index (χ1v) is 11.3. The van der Waals surface area contributed by atoms with E-state index in [1.54, 1.807) is 25.6 Å². The van der Waals surface area contributed by atoms with E-state index in [0.717, 1.165) is 67.7 Å². The molecule has 158 valence electrons. The molecular weight excluding hydrogens is 398 g/mol. The molecule has 1 aromatic heterocycles. The SMILES string of the molecule is COc1ccc(OC)c([C@@H]2CCCN2CC(=O)Nc2sc3c(c2C#N)CCCC3)c1. The molecule has 1 aliphatic heterocycles. The molecule has 30 heavy (non-hydrogen) atoms. The molecule has 2 aliphatic rings. The van der Waals surface area contributed by atoms with Crippen molar-refractivity contribution in [3.8, 4) is 17.6 Å². The largest absolute Gasteiger partial charge is 0.497 e. The van der Waals surface area contributed by atoms with E-state index >= 15 is 0 Å². The molecule has 0 radical (unpaired) electrons. The minimum Gasteiger partial charge on any atom is -0.497 e. The number of thiophene rings is 1. The average Bonchev–Trinajstić information content (AvgIpc) is 3.36. The second-order valence-electron chi connectivity index (χ2n) is 7.81. The van der Waals surface area contributed by atoms with Crippen molar-refractivity contribution in [2.24, 2.45) is 0 Å². The van der Waals surface area contributed by atoms with E-state index in [2.05, 4.69) is 16.3 Å². The Morgan fingerprint density at radius 1 is 1.27 bits per heavy atom. The summed E-state index contributed by atoms with van der Waals surface area (Å²) in [5.41, 5.74) is 2.85. The lowest BCUT2D eigenvalue weighted by molar-refractivity contribution is -0.117. The topological polar surface area (TPSA) is 74.6 Å². The number of anilines is 1. The Morgan fingerprint density at radius 2 is 2.10 bits per heavy atom. The molecule has 4 rings (SSSR count). The molecule has 1 saturated heterocycles. The van der Waals surface area contributed by atoms with Crippen LogP contribution in [0.3, 0.4) is 0 Å². The molecule has 7 heteroatoms. The highest BCUT2D eigenvalue weighted by Gasteiger charge is 2.31. The Labute approximate surface area is 181 Å². The van der Waals surface area contributed by atoms with Crippen molar-refractivity contribution in [2.75, 3.05) is 32.6 Å². The summed E-state index contributed by atoms with van der Waals surface area (Å²) in [6.07, 6.45) is 6.21. The second-order valence-corrected chi connectivity index (χ2v) is 8.92. The Balaban J connectivity index is 1.50.